The summed E-state index contributed by atoms with van der Waals surface area (Å²) in [5.41, 5.74) is 5.20. The second-order valence-electron chi connectivity index (χ2n) is 12.1. The summed E-state index contributed by atoms with van der Waals surface area (Å²) in [7, 11) is -13.9. The molecule has 0 saturated carbocycles. The molecule has 56 heavy (non-hydrogen) atoms. The number of azo groups is 2. The minimum atomic E-state index is -5.04. The molecule has 6 aromatic carbocycles. The number of nitrogens with zero attached hydrogens (tertiary/aromatic N) is 4. The maximum atomic E-state index is 12.6. The Morgan fingerprint density at radius 1 is 0.554 bits per heavy atom. The van der Waals surface area contributed by atoms with Gasteiger partial charge in [-0.25, -0.2) is 0 Å². The van der Waals surface area contributed by atoms with E-state index < -0.39 is 45.9 Å². The number of phenolic OH excluding ortho intramolecular Hbond substituents is 1. The Morgan fingerprint density at radius 2 is 1.11 bits per heavy atom. The number of aryl methyl sites for hydroxylation is 3. The molecule has 0 aromatic heterocycles. The molecule has 0 atom stereocenters. The molecular weight excluding hydrogens is 803 g/mol. The number of rotatable bonds is 10. The molecule has 0 spiro atoms. The van der Waals surface area contributed by atoms with E-state index in [0.717, 1.165) is 34.4 Å². The van der Waals surface area contributed by atoms with Crippen molar-refractivity contribution in [2.45, 2.75) is 35.5 Å². The van der Waals surface area contributed by atoms with Crippen molar-refractivity contribution in [3.8, 4) is 22.6 Å². The van der Waals surface area contributed by atoms with Gasteiger partial charge in [-0.05, 0) is 127 Å². The number of hydrogen-bond acceptors (Lipinski definition) is 12. The van der Waals surface area contributed by atoms with Crippen LogP contribution >= 0.6 is 0 Å². The van der Waals surface area contributed by atoms with Crippen LogP contribution in [0.25, 0.3) is 21.9 Å². The van der Waals surface area contributed by atoms with Crippen molar-refractivity contribution in [1.29, 1.82) is 0 Å². The molecule has 6 rings (SSSR count). The van der Waals surface area contributed by atoms with Crippen LogP contribution in [0.1, 0.15) is 16.7 Å². The van der Waals surface area contributed by atoms with E-state index in [1.54, 1.807) is 49.4 Å². The molecule has 19 heteroatoms. The van der Waals surface area contributed by atoms with Crippen LogP contribution in [-0.2, 0) is 30.4 Å². The minimum Gasteiger partial charge on any atom is -0.506 e. The van der Waals surface area contributed by atoms with Crippen LogP contribution in [0.3, 0.4) is 0 Å². The van der Waals surface area contributed by atoms with Crippen LogP contribution in [0.15, 0.2) is 144 Å². The summed E-state index contributed by atoms with van der Waals surface area (Å²) in [6, 6.07) is 27.3. The van der Waals surface area contributed by atoms with Crippen LogP contribution in [0, 0.1) is 20.8 Å². The van der Waals surface area contributed by atoms with Crippen LogP contribution in [0.4, 0.5) is 22.7 Å². The van der Waals surface area contributed by atoms with E-state index in [-0.39, 0.29) is 86.2 Å². The third kappa shape index (κ3) is 10.4. The van der Waals surface area contributed by atoms with Crippen LogP contribution in [-0.4, -0.2) is 98.6 Å². The molecule has 0 heterocycles. The van der Waals surface area contributed by atoms with Gasteiger partial charge in [-0.15, -0.1) is 5.11 Å². The van der Waals surface area contributed by atoms with Crippen molar-refractivity contribution < 1.29 is 43.6 Å². The summed E-state index contributed by atoms with van der Waals surface area (Å²) >= 11 is 0. The molecule has 6 aromatic rings. The fourth-order valence-corrected chi connectivity index (χ4v) is 7.68. The number of aromatic hydroxyl groups is 1. The summed E-state index contributed by atoms with van der Waals surface area (Å²) in [5.74, 6) is -0.360. The van der Waals surface area contributed by atoms with Gasteiger partial charge in [0.2, 0.25) is 0 Å². The van der Waals surface area contributed by atoms with Crippen molar-refractivity contribution in [1.82, 2.24) is 0 Å². The van der Waals surface area contributed by atoms with Gasteiger partial charge in [0.25, 0.3) is 20.2 Å². The first kappa shape index (κ1) is 44.9. The molecular formula is C37H30N4Na2O10S3. The van der Waals surface area contributed by atoms with Gasteiger partial charge in [0.05, 0.1) is 22.0 Å². The van der Waals surface area contributed by atoms with Gasteiger partial charge in [0.15, 0.2) is 0 Å². The van der Waals surface area contributed by atoms with Gasteiger partial charge < -0.3 is 9.29 Å². The molecule has 0 bridgehead atoms. The summed E-state index contributed by atoms with van der Waals surface area (Å²) in [6.45, 7) is 5.50. The van der Waals surface area contributed by atoms with Crippen molar-refractivity contribution >= 4 is 123 Å². The Labute approximate surface area is 367 Å². The third-order valence-electron chi connectivity index (χ3n) is 8.19. The topological polar surface area (TPSA) is 222 Å². The monoisotopic (exact) mass is 832 g/mol. The second-order valence-corrected chi connectivity index (χ2v) is 16.5. The largest absolute Gasteiger partial charge is 0.506 e. The van der Waals surface area contributed by atoms with E-state index in [2.05, 4.69) is 20.5 Å². The maximum absolute atomic E-state index is 12.6. The second kappa shape index (κ2) is 17.7. The van der Waals surface area contributed by atoms with Crippen LogP contribution in [0.2, 0.25) is 0 Å². The van der Waals surface area contributed by atoms with Gasteiger partial charge in [-0.2, -0.15) is 40.6 Å². The molecule has 0 saturated heterocycles. The standard InChI is InChI=1S/C37H30N4O10S3.2Na/c1-22-4-13-30(14-5-22)54(49,50)51-29-11-9-28(10-12-29)38-39-32-15-6-25(18-23(32)2)26-7-16-33(24(3)19-26)40-41-37-34(42)17-8-27-20-31(52(43,44)45)21-35(36(27)37)53(46,47)48;;/h4-21,42H,1-3H3,(H,43,44,45)(H,46,47,48);;. The van der Waals surface area contributed by atoms with E-state index in [9.17, 15) is 39.5 Å². The molecule has 0 aliphatic carbocycles. The Kier molecular flexibility index (Phi) is 14.2. The normalized spacial score (nSPS) is 12.1. The number of hydrogen-bond donors (Lipinski definition) is 3. The Bertz CT molecular complexity index is 2850. The van der Waals surface area contributed by atoms with E-state index in [0.29, 0.717) is 28.7 Å². The van der Waals surface area contributed by atoms with Crippen molar-refractivity contribution in [2.75, 3.05) is 0 Å². The van der Waals surface area contributed by atoms with Gasteiger partial charge in [-0.3, -0.25) is 9.11 Å². The molecule has 0 aliphatic heterocycles. The van der Waals surface area contributed by atoms with E-state index in [1.165, 1.54) is 30.3 Å². The quantitative estimate of drug-likeness (QED) is 0.0517. The first-order valence-corrected chi connectivity index (χ1v) is 20.1. The molecule has 0 aliphatic rings. The van der Waals surface area contributed by atoms with Crippen LogP contribution < -0.4 is 4.18 Å². The number of benzene rings is 6. The van der Waals surface area contributed by atoms with Gasteiger partial charge in [-0.1, -0.05) is 35.9 Å². The van der Waals surface area contributed by atoms with Gasteiger partial charge in [0.1, 0.15) is 27.0 Å². The zero-order chi connectivity index (χ0) is 39.0. The summed E-state index contributed by atoms with van der Waals surface area (Å²) in [6.07, 6.45) is 0. The predicted molar refractivity (Wildman–Crippen MR) is 212 cm³/mol. The van der Waals surface area contributed by atoms with Crippen molar-refractivity contribution in [3.63, 3.8) is 0 Å². The fourth-order valence-electron chi connectivity index (χ4n) is 5.38. The zero-order valence-corrected chi connectivity index (χ0v) is 37.1. The van der Waals surface area contributed by atoms with Gasteiger partial charge >= 0.3 is 10.1 Å². The zero-order valence-electron chi connectivity index (χ0n) is 30.6. The Hall–Kier alpha value is -3.85. The molecule has 0 unspecified atom stereocenters. The van der Waals surface area contributed by atoms with E-state index in [1.807, 2.05) is 32.0 Å². The summed E-state index contributed by atoms with van der Waals surface area (Å²) in [5, 5.41) is 27.1. The SMILES string of the molecule is Cc1ccc(S(=O)(=O)Oc2ccc(N=Nc3ccc(-c4ccc(N=Nc5c(O)ccc6cc(S(=O)(=O)O)cc(S(=O)(=O)O)c56)c(C)c4)cc3C)cc2)cc1.[Na].[Na]. The van der Waals surface area contributed by atoms with Gasteiger partial charge in [0, 0.05) is 64.5 Å². The molecule has 278 valence electrons. The molecule has 14 nitrogen and oxygen atoms in total. The third-order valence-corrected chi connectivity index (χ3v) is 11.2. The molecule has 2 radical (unpaired) electrons. The molecule has 0 amide bonds. The predicted octanol–water partition coefficient (Wildman–Crippen LogP) is 8.47. The Balaban J connectivity index is 0.00000348. The van der Waals surface area contributed by atoms with Crippen LogP contribution in [0.5, 0.6) is 11.5 Å². The summed E-state index contributed by atoms with van der Waals surface area (Å²) < 4.78 is 97.7. The maximum Gasteiger partial charge on any atom is 0.339 e. The first-order chi connectivity index (χ1) is 25.4. The minimum absolute atomic E-state index is 0. The number of fused-ring (bicyclic) bond motifs is 1. The molecule has 0 fully saturated rings. The van der Waals surface area contributed by atoms with Crippen molar-refractivity contribution in [3.05, 3.63) is 126 Å². The number of phenols is 1. The average Bonchev–Trinajstić information content (AvgIpc) is 3.10. The first-order valence-electron chi connectivity index (χ1n) is 15.8. The van der Waals surface area contributed by atoms with Crippen molar-refractivity contribution in [2.24, 2.45) is 20.5 Å². The average molecular weight is 833 g/mol. The van der Waals surface area contributed by atoms with E-state index >= 15 is 0 Å². The van der Waals surface area contributed by atoms with E-state index in [4.69, 9.17) is 4.18 Å². The summed E-state index contributed by atoms with van der Waals surface area (Å²) in [4.78, 5) is -1.62. The molecule has 3 N–H and O–H groups in total. The fraction of sp³-hybridized carbons (Fsp3) is 0.0811. The smallest absolute Gasteiger partial charge is 0.339 e. The Morgan fingerprint density at radius 3 is 1.62 bits per heavy atom.